The Morgan fingerprint density at radius 3 is 2.83 bits per heavy atom. The number of nitrogens with zero attached hydrogens (tertiary/aromatic N) is 1. The van der Waals surface area contributed by atoms with Crippen LogP contribution in [0.15, 0.2) is 61.2 Å². The minimum atomic E-state index is -4.51. The highest BCUT2D eigenvalue weighted by Gasteiger charge is 2.30. The van der Waals surface area contributed by atoms with Crippen LogP contribution in [0.2, 0.25) is 0 Å². The molecular weight excluding hydrogens is 471 g/mol. The van der Waals surface area contributed by atoms with E-state index in [9.17, 15) is 23.1 Å². The third-order valence-electron chi connectivity index (χ3n) is 6.09. The Morgan fingerprint density at radius 2 is 2.06 bits per heavy atom. The third kappa shape index (κ3) is 8.65. The fraction of sp³-hybridized carbons (Fsp3) is 0.444. The van der Waals surface area contributed by atoms with Gasteiger partial charge in [0.25, 0.3) is 5.91 Å². The number of aliphatic hydroxyl groups excluding tert-OH is 1. The second-order valence-electron chi connectivity index (χ2n) is 9.03. The van der Waals surface area contributed by atoms with Gasteiger partial charge in [-0.05, 0) is 75.1 Å². The number of hydrogen-bond donors (Lipinski definition) is 3. The van der Waals surface area contributed by atoms with Crippen LogP contribution in [0.3, 0.4) is 0 Å². The number of carbonyl (C=O) groups excluding carboxylic acids is 1. The van der Waals surface area contributed by atoms with E-state index in [0.29, 0.717) is 12.5 Å². The molecule has 9 heteroatoms. The molecule has 36 heavy (non-hydrogen) atoms. The first-order valence-corrected chi connectivity index (χ1v) is 12.2. The summed E-state index contributed by atoms with van der Waals surface area (Å²) in [5.41, 5.74) is -0.660. The molecule has 2 atom stereocenters. The van der Waals surface area contributed by atoms with E-state index in [1.54, 1.807) is 18.2 Å². The van der Waals surface area contributed by atoms with Gasteiger partial charge in [-0.2, -0.15) is 13.2 Å². The van der Waals surface area contributed by atoms with Crippen LogP contribution >= 0.6 is 0 Å². The maximum Gasteiger partial charge on any atom is 0.416 e. The van der Waals surface area contributed by atoms with Crippen LogP contribution in [0.5, 0.6) is 5.75 Å². The summed E-state index contributed by atoms with van der Waals surface area (Å²) < 4.78 is 44.5. The van der Waals surface area contributed by atoms with Crippen LogP contribution < -0.4 is 15.4 Å². The van der Waals surface area contributed by atoms with Crippen LogP contribution in [0, 0.1) is 5.92 Å². The molecule has 3 rings (SSSR count). The Bertz CT molecular complexity index is 999. The summed E-state index contributed by atoms with van der Waals surface area (Å²) in [6, 6.07) is 10.8. The van der Waals surface area contributed by atoms with E-state index in [0.717, 1.165) is 51.2 Å². The molecule has 0 aliphatic carbocycles. The second kappa shape index (κ2) is 13.4. The number of nitrogens with one attached hydrogen (secondary N) is 2. The largest absolute Gasteiger partial charge is 0.490 e. The van der Waals surface area contributed by atoms with E-state index in [1.165, 1.54) is 24.6 Å². The van der Waals surface area contributed by atoms with Crippen molar-refractivity contribution in [2.45, 2.75) is 31.5 Å². The molecule has 0 spiro atoms. The molecule has 1 aliphatic rings. The predicted molar refractivity (Wildman–Crippen MR) is 134 cm³/mol. The maximum absolute atomic E-state index is 12.9. The van der Waals surface area contributed by atoms with Gasteiger partial charge in [0.2, 0.25) is 0 Å². The molecule has 1 amide bonds. The van der Waals surface area contributed by atoms with Crippen molar-refractivity contribution in [1.82, 2.24) is 10.2 Å². The summed E-state index contributed by atoms with van der Waals surface area (Å²) in [6.45, 7) is 8.15. The van der Waals surface area contributed by atoms with E-state index in [4.69, 9.17) is 4.74 Å². The third-order valence-corrected chi connectivity index (χ3v) is 6.09. The van der Waals surface area contributed by atoms with Crippen LogP contribution in [-0.2, 0) is 6.18 Å². The summed E-state index contributed by atoms with van der Waals surface area (Å²) in [5.74, 6) is 0.350. The lowest BCUT2D eigenvalue weighted by Crippen LogP contribution is -2.33. The van der Waals surface area contributed by atoms with Crippen molar-refractivity contribution in [3.8, 4) is 5.75 Å². The first kappa shape index (κ1) is 27.7. The normalized spacial score (nSPS) is 17.1. The average Bonchev–Trinajstić information content (AvgIpc) is 3.30. The lowest BCUT2D eigenvalue weighted by Gasteiger charge is -2.17. The monoisotopic (exact) mass is 505 g/mol. The first-order chi connectivity index (χ1) is 17.3. The fourth-order valence-corrected chi connectivity index (χ4v) is 4.24. The van der Waals surface area contributed by atoms with Crippen molar-refractivity contribution in [2.75, 3.05) is 44.6 Å². The van der Waals surface area contributed by atoms with E-state index in [-0.39, 0.29) is 23.6 Å². The summed E-state index contributed by atoms with van der Waals surface area (Å²) in [7, 11) is 0. The SMILES string of the molecule is C=CCC1CCN(CCCNCC(O)COc2ccccc2C(=O)Nc2cccc(C(F)(F)F)c2)C1. The van der Waals surface area contributed by atoms with E-state index in [2.05, 4.69) is 22.1 Å². The Labute approximate surface area is 210 Å². The van der Waals surface area contributed by atoms with Gasteiger partial charge < -0.3 is 25.4 Å². The Kier molecular flexibility index (Phi) is 10.3. The molecule has 3 N–H and O–H groups in total. The molecular formula is C27H34F3N3O3. The molecule has 2 aromatic carbocycles. The molecule has 1 heterocycles. The zero-order valence-electron chi connectivity index (χ0n) is 20.3. The van der Waals surface area contributed by atoms with Crippen molar-refractivity contribution in [3.05, 3.63) is 72.3 Å². The van der Waals surface area contributed by atoms with Gasteiger partial charge in [0, 0.05) is 18.8 Å². The zero-order valence-corrected chi connectivity index (χ0v) is 20.3. The number of halogens is 3. The number of aliphatic hydroxyl groups is 1. The van der Waals surface area contributed by atoms with Gasteiger partial charge in [-0.1, -0.05) is 24.3 Å². The van der Waals surface area contributed by atoms with Crippen molar-refractivity contribution in [2.24, 2.45) is 5.92 Å². The first-order valence-electron chi connectivity index (χ1n) is 12.2. The number of anilines is 1. The highest BCUT2D eigenvalue weighted by atomic mass is 19.4. The number of alkyl halides is 3. The van der Waals surface area contributed by atoms with Crippen molar-refractivity contribution < 1.29 is 27.8 Å². The van der Waals surface area contributed by atoms with Crippen LogP contribution in [0.1, 0.15) is 35.2 Å². The number of amides is 1. The number of para-hydroxylation sites is 1. The molecule has 0 bridgehead atoms. The number of allylic oxidation sites excluding steroid dienone is 1. The highest BCUT2D eigenvalue weighted by Crippen LogP contribution is 2.31. The van der Waals surface area contributed by atoms with Gasteiger partial charge in [0.05, 0.1) is 11.1 Å². The van der Waals surface area contributed by atoms with E-state index >= 15 is 0 Å². The zero-order chi connectivity index (χ0) is 26.0. The van der Waals surface area contributed by atoms with Crippen LogP contribution in [0.4, 0.5) is 18.9 Å². The van der Waals surface area contributed by atoms with E-state index < -0.39 is 23.8 Å². The lowest BCUT2D eigenvalue weighted by atomic mass is 10.1. The van der Waals surface area contributed by atoms with Gasteiger partial charge in [-0.15, -0.1) is 6.58 Å². The average molecular weight is 506 g/mol. The van der Waals surface area contributed by atoms with Crippen molar-refractivity contribution >= 4 is 11.6 Å². The molecule has 0 radical (unpaired) electrons. The number of ether oxygens (including phenoxy) is 1. The fourth-order valence-electron chi connectivity index (χ4n) is 4.24. The Balaban J connectivity index is 1.41. The predicted octanol–water partition coefficient (Wildman–Crippen LogP) is 4.58. The molecule has 2 aromatic rings. The molecule has 1 saturated heterocycles. The smallest absolute Gasteiger partial charge is 0.416 e. The molecule has 1 aliphatic heterocycles. The quantitative estimate of drug-likeness (QED) is 0.275. The molecule has 0 aromatic heterocycles. The van der Waals surface area contributed by atoms with Gasteiger partial charge >= 0.3 is 6.18 Å². The number of rotatable bonds is 13. The number of likely N-dealkylation sites (tertiary alicyclic amines) is 1. The molecule has 0 saturated carbocycles. The standard InChI is InChI=1S/C27H34F3N3O3/c1-2-7-20-12-15-33(18-20)14-6-13-31-17-23(34)19-36-25-11-4-3-10-24(25)26(35)32-22-9-5-8-21(16-22)27(28,29)30/h2-5,8-11,16,20,23,31,34H,1,6-7,12-15,17-19H2,(H,32,35). The maximum atomic E-state index is 12.9. The topological polar surface area (TPSA) is 73.8 Å². The molecule has 196 valence electrons. The Morgan fingerprint density at radius 1 is 1.25 bits per heavy atom. The van der Waals surface area contributed by atoms with Crippen molar-refractivity contribution in [3.63, 3.8) is 0 Å². The van der Waals surface area contributed by atoms with Gasteiger partial charge in [0.15, 0.2) is 0 Å². The summed E-state index contributed by atoms with van der Waals surface area (Å²) in [4.78, 5) is 15.1. The number of hydrogen-bond acceptors (Lipinski definition) is 5. The lowest BCUT2D eigenvalue weighted by molar-refractivity contribution is -0.137. The van der Waals surface area contributed by atoms with Gasteiger partial charge in [-0.3, -0.25) is 4.79 Å². The number of carbonyl (C=O) groups is 1. The highest BCUT2D eigenvalue weighted by molar-refractivity contribution is 6.06. The Hall–Kier alpha value is -2.88. The van der Waals surface area contributed by atoms with Crippen LogP contribution in [-0.4, -0.2) is 61.3 Å². The molecule has 6 nitrogen and oxygen atoms in total. The summed E-state index contributed by atoms with van der Waals surface area (Å²) in [6.07, 6.45) is -0.0401. The van der Waals surface area contributed by atoms with Crippen LogP contribution in [0.25, 0.3) is 0 Å². The molecule has 1 fully saturated rings. The summed E-state index contributed by atoms with van der Waals surface area (Å²) in [5, 5.41) is 16.0. The van der Waals surface area contributed by atoms with Gasteiger partial charge in [-0.25, -0.2) is 0 Å². The second-order valence-corrected chi connectivity index (χ2v) is 9.03. The molecule has 2 unspecified atom stereocenters. The van der Waals surface area contributed by atoms with Gasteiger partial charge in [0.1, 0.15) is 18.5 Å². The minimum Gasteiger partial charge on any atom is -0.490 e. The minimum absolute atomic E-state index is 0.0269. The van der Waals surface area contributed by atoms with Crippen molar-refractivity contribution in [1.29, 1.82) is 0 Å². The van der Waals surface area contributed by atoms with E-state index in [1.807, 2.05) is 6.08 Å². The summed E-state index contributed by atoms with van der Waals surface area (Å²) >= 11 is 0. The number of benzene rings is 2.